The molecule has 0 aromatic heterocycles. The molecule has 1 atom stereocenters. The maximum atomic E-state index is 13.1. The van der Waals surface area contributed by atoms with E-state index in [1.807, 2.05) is 0 Å². The number of halogens is 1. The molecule has 0 bridgehead atoms. The lowest BCUT2D eigenvalue weighted by atomic mass is 9.92. The van der Waals surface area contributed by atoms with Crippen molar-refractivity contribution >= 4 is 5.91 Å². The van der Waals surface area contributed by atoms with E-state index in [0.29, 0.717) is 38.5 Å². The van der Waals surface area contributed by atoms with Gasteiger partial charge in [-0.15, -0.1) is 0 Å². The molecule has 5 nitrogen and oxygen atoms in total. The summed E-state index contributed by atoms with van der Waals surface area (Å²) in [7, 11) is 0. The Balaban J connectivity index is 1.62. The third-order valence-corrected chi connectivity index (χ3v) is 5.13. The van der Waals surface area contributed by atoms with E-state index in [4.69, 9.17) is 9.47 Å². The predicted octanol–water partition coefficient (Wildman–Crippen LogP) is 1.77. The van der Waals surface area contributed by atoms with Crippen LogP contribution in [0.1, 0.15) is 24.8 Å². The average Bonchev–Trinajstić information content (AvgIpc) is 2.65. The van der Waals surface area contributed by atoms with Crippen molar-refractivity contribution in [3.05, 3.63) is 35.6 Å². The summed E-state index contributed by atoms with van der Waals surface area (Å²) in [5, 5.41) is 9.92. The highest BCUT2D eigenvalue weighted by molar-refractivity contribution is 5.76. The Kier molecular flexibility index (Phi) is 6.04. The number of morpholine rings is 1. The first-order valence-corrected chi connectivity index (χ1v) is 8.95. The average molecular weight is 351 g/mol. The molecule has 2 heterocycles. The minimum absolute atomic E-state index is 0.118. The molecule has 138 valence electrons. The van der Waals surface area contributed by atoms with Crippen molar-refractivity contribution in [1.29, 1.82) is 0 Å². The predicted molar refractivity (Wildman–Crippen MR) is 90.6 cm³/mol. The minimum Gasteiger partial charge on any atom is -0.393 e. The van der Waals surface area contributed by atoms with Gasteiger partial charge < -0.3 is 19.5 Å². The number of rotatable bonds is 5. The standard InChI is InChI=1S/C19H26FNO4/c20-17-3-1-16(2-4-17)12-19(14-22)13-21(7-10-25-19)18(23)11-15-5-8-24-9-6-15/h1-4,15,22H,5-14H2/t19-/m0/s1. The van der Waals surface area contributed by atoms with E-state index in [1.165, 1.54) is 12.1 Å². The van der Waals surface area contributed by atoms with Gasteiger partial charge in [0.2, 0.25) is 5.91 Å². The summed E-state index contributed by atoms with van der Waals surface area (Å²) in [6.07, 6.45) is 2.83. The Morgan fingerprint density at radius 2 is 1.96 bits per heavy atom. The molecule has 6 heteroatoms. The number of benzene rings is 1. The van der Waals surface area contributed by atoms with Gasteiger partial charge in [0.15, 0.2) is 0 Å². The molecule has 2 fully saturated rings. The fourth-order valence-corrected chi connectivity index (χ4v) is 3.62. The van der Waals surface area contributed by atoms with Crippen LogP contribution >= 0.6 is 0 Å². The fraction of sp³-hybridized carbons (Fsp3) is 0.632. The van der Waals surface area contributed by atoms with Crippen LogP contribution in [0.2, 0.25) is 0 Å². The monoisotopic (exact) mass is 351 g/mol. The summed E-state index contributed by atoms with van der Waals surface area (Å²) >= 11 is 0. The van der Waals surface area contributed by atoms with Gasteiger partial charge in [-0.05, 0) is 36.5 Å². The van der Waals surface area contributed by atoms with Crippen molar-refractivity contribution in [2.24, 2.45) is 5.92 Å². The third-order valence-electron chi connectivity index (χ3n) is 5.13. The summed E-state index contributed by atoms with van der Waals surface area (Å²) in [6.45, 7) is 2.60. The molecule has 0 saturated carbocycles. The van der Waals surface area contributed by atoms with E-state index in [9.17, 15) is 14.3 Å². The Bertz CT molecular complexity index is 573. The number of hydrogen-bond acceptors (Lipinski definition) is 4. The number of carbonyl (C=O) groups excluding carboxylic acids is 1. The van der Waals surface area contributed by atoms with Crippen LogP contribution in [0.4, 0.5) is 4.39 Å². The van der Waals surface area contributed by atoms with Gasteiger partial charge in [0.1, 0.15) is 11.4 Å². The van der Waals surface area contributed by atoms with Gasteiger partial charge in [0, 0.05) is 32.6 Å². The van der Waals surface area contributed by atoms with Gasteiger partial charge in [-0.3, -0.25) is 4.79 Å². The highest BCUT2D eigenvalue weighted by Crippen LogP contribution is 2.26. The Hall–Kier alpha value is -1.50. The second-order valence-corrected chi connectivity index (χ2v) is 7.07. The maximum absolute atomic E-state index is 13.1. The molecule has 3 rings (SSSR count). The summed E-state index contributed by atoms with van der Waals surface area (Å²) in [6, 6.07) is 6.19. The maximum Gasteiger partial charge on any atom is 0.223 e. The first-order chi connectivity index (χ1) is 12.1. The van der Waals surface area contributed by atoms with Crippen molar-refractivity contribution in [3.63, 3.8) is 0 Å². The van der Waals surface area contributed by atoms with Gasteiger partial charge in [0.05, 0.1) is 19.8 Å². The van der Waals surface area contributed by atoms with Crippen LogP contribution in [0.3, 0.4) is 0 Å². The smallest absolute Gasteiger partial charge is 0.223 e. The molecule has 2 aliphatic rings. The number of aliphatic hydroxyl groups excluding tert-OH is 1. The molecule has 0 radical (unpaired) electrons. The SMILES string of the molecule is O=C(CC1CCOCC1)N1CCO[C@@](CO)(Cc2ccc(F)cc2)C1. The molecular formula is C19H26FNO4. The molecular weight excluding hydrogens is 325 g/mol. The van der Waals surface area contributed by atoms with Crippen LogP contribution in [-0.2, 0) is 20.7 Å². The topological polar surface area (TPSA) is 59.0 Å². The normalized spacial score (nSPS) is 25.1. The van der Waals surface area contributed by atoms with E-state index in [-0.39, 0.29) is 18.3 Å². The molecule has 25 heavy (non-hydrogen) atoms. The second kappa shape index (κ2) is 8.25. The molecule has 0 unspecified atom stereocenters. The van der Waals surface area contributed by atoms with Crippen LogP contribution in [0.5, 0.6) is 0 Å². The quantitative estimate of drug-likeness (QED) is 0.878. The Labute approximate surface area is 147 Å². The van der Waals surface area contributed by atoms with E-state index < -0.39 is 5.60 Å². The van der Waals surface area contributed by atoms with Crippen LogP contribution in [-0.4, -0.2) is 61.0 Å². The summed E-state index contributed by atoms with van der Waals surface area (Å²) in [4.78, 5) is 14.5. The van der Waals surface area contributed by atoms with Crippen molar-refractivity contribution < 1.29 is 23.8 Å². The number of amides is 1. The van der Waals surface area contributed by atoms with E-state index >= 15 is 0 Å². The molecule has 1 aromatic rings. The van der Waals surface area contributed by atoms with Gasteiger partial charge in [-0.1, -0.05) is 12.1 Å². The molecule has 1 aromatic carbocycles. The van der Waals surface area contributed by atoms with E-state index in [0.717, 1.165) is 31.6 Å². The largest absolute Gasteiger partial charge is 0.393 e. The van der Waals surface area contributed by atoms with Crippen molar-refractivity contribution in [1.82, 2.24) is 4.90 Å². The Morgan fingerprint density at radius 3 is 2.64 bits per heavy atom. The number of ether oxygens (including phenoxy) is 2. The fourth-order valence-electron chi connectivity index (χ4n) is 3.62. The lowest BCUT2D eigenvalue weighted by Crippen LogP contribution is -2.57. The van der Waals surface area contributed by atoms with Gasteiger partial charge >= 0.3 is 0 Å². The molecule has 2 saturated heterocycles. The van der Waals surface area contributed by atoms with Crippen LogP contribution in [0.25, 0.3) is 0 Å². The van der Waals surface area contributed by atoms with Gasteiger partial charge in [-0.2, -0.15) is 0 Å². The zero-order valence-electron chi connectivity index (χ0n) is 14.5. The lowest BCUT2D eigenvalue weighted by Gasteiger charge is -2.42. The van der Waals surface area contributed by atoms with Gasteiger partial charge in [0.25, 0.3) is 0 Å². The number of aliphatic hydroxyl groups is 1. The molecule has 1 N–H and O–H groups in total. The van der Waals surface area contributed by atoms with Crippen LogP contribution < -0.4 is 0 Å². The highest BCUT2D eigenvalue weighted by atomic mass is 19.1. The van der Waals surface area contributed by atoms with E-state index in [2.05, 4.69) is 0 Å². The molecule has 0 aliphatic carbocycles. The highest BCUT2D eigenvalue weighted by Gasteiger charge is 2.38. The number of nitrogens with zero attached hydrogens (tertiary/aromatic N) is 1. The minimum atomic E-state index is -0.818. The third kappa shape index (κ3) is 4.77. The zero-order chi connectivity index (χ0) is 17.7. The van der Waals surface area contributed by atoms with E-state index in [1.54, 1.807) is 17.0 Å². The van der Waals surface area contributed by atoms with Crippen molar-refractivity contribution in [3.8, 4) is 0 Å². The van der Waals surface area contributed by atoms with Crippen molar-refractivity contribution in [2.75, 3.05) is 39.5 Å². The summed E-state index contributed by atoms with van der Waals surface area (Å²) in [5.74, 6) is 0.205. The second-order valence-electron chi connectivity index (χ2n) is 7.07. The first kappa shape index (κ1) is 18.3. The number of carbonyl (C=O) groups is 1. The van der Waals surface area contributed by atoms with Crippen molar-refractivity contribution in [2.45, 2.75) is 31.3 Å². The summed E-state index contributed by atoms with van der Waals surface area (Å²) < 4.78 is 24.3. The van der Waals surface area contributed by atoms with Gasteiger partial charge in [-0.25, -0.2) is 4.39 Å². The lowest BCUT2D eigenvalue weighted by molar-refractivity contribution is -0.159. The van der Waals surface area contributed by atoms with Crippen LogP contribution in [0, 0.1) is 11.7 Å². The Morgan fingerprint density at radius 1 is 1.24 bits per heavy atom. The molecule has 2 aliphatic heterocycles. The summed E-state index contributed by atoms with van der Waals surface area (Å²) in [5.41, 5.74) is 0.0655. The number of hydrogen-bond donors (Lipinski definition) is 1. The zero-order valence-corrected chi connectivity index (χ0v) is 14.5. The first-order valence-electron chi connectivity index (χ1n) is 8.95. The molecule has 1 amide bonds. The van der Waals surface area contributed by atoms with Crippen LogP contribution in [0.15, 0.2) is 24.3 Å². The molecule has 0 spiro atoms.